The standard InChI is InChI=1S/C17H23N5O3/c1-21-9-10-22(15-18-16(24-3)20-17(19-15)25-4)11-14(21)12-5-7-13(23-2)8-6-12/h5-8,14H,9-11H2,1-4H3/t14-/m1/s1. The average Bonchev–Trinajstić information content (AvgIpc) is 2.68. The quantitative estimate of drug-likeness (QED) is 0.805. The summed E-state index contributed by atoms with van der Waals surface area (Å²) in [5, 5.41) is 0. The molecule has 1 aliphatic rings. The predicted octanol–water partition coefficient (Wildman–Crippen LogP) is 1.39. The minimum atomic E-state index is 0.230. The van der Waals surface area contributed by atoms with Crippen LogP contribution >= 0.6 is 0 Å². The zero-order chi connectivity index (χ0) is 17.8. The Kier molecular flexibility index (Phi) is 5.18. The molecule has 25 heavy (non-hydrogen) atoms. The Bertz CT molecular complexity index is 688. The number of nitrogens with zero attached hydrogens (tertiary/aromatic N) is 5. The first-order chi connectivity index (χ1) is 12.1. The number of hydrogen-bond acceptors (Lipinski definition) is 8. The fraction of sp³-hybridized carbons (Fsp3) is 0.471. The highest BCUT2D eigenvalue weighted by Crippen LogP contribution is 2.28. The van der Waals surface area contributed by atoms with Gasteiger partial charge in [-0.2, -0.15) is 9.97 Å². The van der Waals surface area contributed by atoms with Crippen molar-refractivity contribution in [2.24, 2.45) is 0 Å². The maximum atomic E-state index is 5.25. The number of methoxy groups -OCH3 is 3. The van der Waals surface area contributed by atoms with Gasteiger partial charge in [0.1, 0.15) is 5.75 Å². The van der Waals surface area contributed by atoms with E-state index in [0.29, 0.717) is 5.95 Å². The van der Waals surface area contributed by atoms with Crippen LogP contribution in [0.1, 0.15) is 11.6 Å². The molecule has 2 heterocycles. The molecule has 8 heteroatoms. The molecule has 0 spiro atoms. The number of rotatable bonds is 5. The van der Waals surface area contributed by atoms with Crippen LogP contribution in [0.3, 0.4) is 0 Å². The monoisotopic (exact) mass is 345 g/mol. The van der Waals surface area contributed by atoms with Crippen molar-refractivity contribution in [3.8, 4) is 17.8 Å². The Morgan fingerprint density at radius 2 is 1.52 bits per heavy atom. The number of piperazine rings is 1. The summed E-state index contributed by atoms with van der Waals surface area (Å²) < 4.78 is 15.6. The third-order valence-electron chi connectivity index (χ3n) is 4.38. The van der Waals surface area contributed by atoms with Gasteiger partial charge in [0.05, 0.1) is 27.4 Å². The summed E-state index contributed by atoms with van der Waals surface area (Å²) >= 11 is 0. The molecule has 1 aliphatic heterocycles. The normalized spacial score (nSPS) is 18.1. The van der Waals surface area contributed by atoms with Crippen molar-refractivity contribution in [1.82, 2.24) is 19.9 Å². The molecule has 1 aromatic heterocycles. The first-order valence-electron chi connectivity index (χ1n) is 8.07. The number of benzene rings is 1. The second kappa shape index (κ2) is 7.52. The highest BCUT2D eigenvalue weighted by molar-refractivity contribution is 5.36. The molecule has 2 aromatic rings. The molecular formula is C17H23N5O3. The Balaban J connectivity index is 1.84. The second-order valence-electron chi connectivity index (χ2n) is 5.82. The van der Waals surface area contributed by atoms with Crippen molar-refractivity contribution >= 4 is 5.95 Å². The van der Waals surface area contributed by atoms with Gasteiger partial charge in [-0.3, -0.25) is 4.90 Å². The number of aromatic nitrogens is 3. The third kappa shape index (κ3) is 3.74. The van der Waals surface area contributed by atoms with Gasteiger partial charge in [-0.15, -0.1) is 4.98 Å². The van der Waals surface area contributed by atoms with E-state index >= 15 is 0 Å². The van der Waals surface area contributed by atoms with E-state index in [4.69, 9.17) is 14.2 Å². The summed E-state index contributed by atoms with van der Waals surface area (Å²) in [6.07, 6.45) is 0. The summed E-state index contributed by atoms with van der Waals surface area (Å²) in [6, 6.07) is 8.89. The van der Waals surface area contributed by atoms with Gasteiger partial charge in [-0.25, -0.2) is 0 Å². The molecule has 0 radical (unpaired) electrons. The number of ether oxygens (including phenoxy) is 3. The second-order valence-corrected chi connectivity index (χ2v) is 5.82. The van der Waals surface area contributed by atoms with Gasteiger partial charge in [0.25, 0.3) is 0 Å². The van der Waals surface area contributed by atoms with Crippen LogP contribution < -0.4 is 19.1 Å². The van der Waals surface area contributed by atoms with Crippen molar-refractivity contribution in [3.05, 3.63) is 29.8 Å². The lowest BCUT2D eigenvalue weighted by molar-refractivity contribution is 0.219. The minimum Gasteiger partial charge on any atom is -0.497 e. The lowest BCUT2D eigenvalue weighted by atomic mass is 10.0. The van der Waals surface area contributed by atoms with Crippen LogP contribution in [0, 0.1) is 0 Å². The Morgan fingerprint density at radius 3 is 2.08 bits per heavy atom. The zero-order valence-corrected chi connectivity index (χ0v) is 15.0. The lowest BCUT2D eigenvalue weighted by Gasteiger charge is -2.39. The molecule has 8 nitrogen and oxygen atoms in total. The van der Waals surface area contributed by atoms with Crippen molar-refractivity contribution in [1.29, 1.82) is 0 Å². The summed E-state index contributed by atoms with van der Waals surface area (Å²) in [5.74, 6) is 1.42. The summed E-state index contributed by atoms with van der Waals surface area (Å²) in [6.45, 7) is 2.48. The molecule has 0 saturated carbocycles. The van der Waals surface area contributed by atoms with Gasteiger partial charge in [0.15, 0.2) is 0 Å². The molecule has 1 aromatic carbocycles. The van der Waals surface area contributed by atoms with E-state index in [1.807, 2.05) is 12.1 Å². The SMILES string of the molecule is COc1ccc([C@H]2CN(c3nc(OC)nc(OC)n3)CCN2C)cc1. The molecule has 0 bridgehead atoms. The largest absolute Gasteiger partial charge is 0.497 e. The van der Waals surface area contributed by atoms with E-state index in [1.165, 1.54) is 19.8 Å². The number of likely N-dealkylation sites (N-methyl/N-ethyl adjacent to an activating group) is 1. The minimum absolute atomic E-state index is 0.230. The summed E-state index contributed by atoms with van der Waals surface area (Å²) in [7, 11) is 6.86. The van der Waals surface area contributed by atoms with Crippen LogP contribution in [0.15, 0.2) is 24.3 Å². The van der Waals surface area contributed by atoms with Crippen LogP contribution in [-0.2, 0) is 0 Å². The van der Waals surface area contributed by atoms with Gasteiger partial charge < -0.3 is 19.1 Å². The number of hydrogen-bond donors (Lipinski definition) is 0. The van der Waals surface area contributed by atoms with Gasteiger partial charge in [-0.05, 0) is 24.7 Å². The van der Waals surface area contributed by atoms with Crippen LogP contribution in [-0.4, -0.2) is 67.9 Å². The average molecular weight is 345 g/mol. The molecule has 0 N–H and O–H groups in total. The molecule has 1 atom stereocenters. The highest BCUT2D eigenvalue weighted by atomic mass is 16.5. The molecule has 3 rings (SSSR count). The van der Waals surface area contributed by atoms with Gasteiger partial charge in [0, 0.05) is 19.6 Å². The topological polar surface area (TPSA) is 72.8 Å². The fourth-order valence-electron chi connectivity index (χ4n) is 2.89. The van der Waals surface area contributed by atoms with Crippen molar-refractivity contribution < 1.29 is 14.2 Å². The first-order valence-corrected chi connectivity index (χ1v) is 8.07. The van der Waals surface area contributed by atoms with E-state index in [9.17, 15) is 0 Å². The molecule has 1 fully saturated rings. The highest BCUT2D eigenvalue weighted by Gasteiger charge is 2.28. The molecule has 0 amide bonds. The molecule has 1 saturated heterocycles. The third-order valence-corrected chi connectivity index (χ3v) is 4.38. The molecule has 0 aliphatic carbocycles. The van der Waals surface area contributed by atoms with Crippen LogP contribution in [0.5, 0.6) is 17.8 Å². The van der Waals surface area contributed by atoms with Gasteiger partial charge in [-0.1, -0.05) is 12.1 Å². The Labute approximate surface area is 147 Å². The van der Waals surface area contributed by atoms with Gasteiger partial charge in [0.2, 0.25) is 5.95 Å². The van der Waals surface area contributed by atoms with E-state index in [0.717, 1.165) is 25.4 Å². The molecular weight excluding hydrogens is 322 g/mol. The summed E-state index contributed by atoms with van der Waals surface area (Å²) in [5.41, 5.74) is 1.22. The van der Waals surface area contributed by atoms with Crippen LogP contribution in [0.25, 0.3) is 0 Å². The lowest BCUT2D eigenvalue weighted by Crippen LogP contribution is -2.47. The van der Waals surface area contributed by atoms with E-state index in [-0.39, 0.29) is 18.1 Å². The Hall–Kier alpha value is -2.61. The maximum Gasteiger partial charge on any atom is 0.324 e. The number of anilines is 1. The summed E-state index contributed by atoms with van der Waals surface area (Å²) in [4.78, 5) is 17.2. The zero-order valence-electron chi connectivity index (χ0n) is 15.0. The maximum absolute atomic E-state index is 5.25. The van der Waals surface area contributed by atoms with E-state index in [1.54, 1.807) is 7.11 Å². The van der Waals surface area contributed by atoms with Crippen LogP contribution in [0.4, 0.5) is 5.95 Å². The van der Waals surface area contributed by atoms with E-state index < -0.39 is 0 Å². The van der Waals surface area contributed by atoms with Crippen molar-refractivity contribution in [2.75, 3.05) is 52.9 Å². The molecule has 134 valence electrons. The fourth-order valence-corrected chi connectivity index (χ4v) is 2.89. The predicted molar refractivity (Wildman–Crippen MR) is 93.5 cm³/mol. The van der Waals surface area contributed by atoms with Crippen molar-refractivity contribution in [2.45, 2.75) is 6.04 Å². The molecule has 0 unspecified atom stereocenters. The van der Waals surface area contributed by atoms with E-state index in [2.05, 4.69) is 43.9 Å². The Morgan fingerprint density at radius 1 is 0.880 bits per heavy atom. The van der Waals surface area contributed by atoms with Gasteiger partial charge >= 0.3 is 12.0 Å². The van der Waals surface area contributed by atoms with Crippen molar-refractivity contribution in [3.63, 3.8) is 0 Å². The van der Waals surface area contributed by atoms with Crippen LogP contribution in [0.2, 0.25) is 0 Å². The smallest absolute Gasteiger partial charge is 0.324 e. The first kappa shape index (κ1) is 17.2.